The smallest absolute Gasteiger partial charge is 0.325 e. The highest BCUT2D eigenvalue weighted by molar-refractivity contribution is 6.09. The lowest BCUT2D eigenvalue weighted by atomic mass is 9.91. The van der Waals surface area contributed by atoms with E-state index in [1.165, 1.54) is 16.6 Å². The second-order valence-corrected chi connectivity index (χ2v) is 8.44. The molecule has 5 rings (SSSR count). The SMILES string of the molecule is C[C@]1(c2cccc(-n3cnnn3)c2)NC(=O)N(CC(=O)N2CC=C(c3ccccc3)CC2)C1=O. The quantitative estimate of drug-likeness (QED) is 0.584. The van der Waals surface area contributed by atoms with Gasteiger partial charge in [-0.25, -0.2) is 9.48 Å². The zero-order valence-corrected chi connectivity index (χ0v) is 18.6. The van der Waals surface area contributed by atoms with Crippen LogP contribution < -0.4 is 5.32 Å². The van der Waals surface area contributed by atoms with Crippen LogP contribution in [0.2, 0.25) is 0 Å². The van der Waals surface area contributed by atoms with Crippen molar-refractivity contribution in [1.82, 2.24) is 35.3 Å². The minimum Gasteiger partial charge on any atom is -0.337 e. The normalized spacial score (nSPS) is 20.3. The number of aromatic nitrogens is 4. The molecule has 10 heteroatoms. The van der Waals surface area contributed by atoms with Gasteiger partial charge in [0.15, 0.2) is 0 Å². The third-order valence-electron chi connectivity index (χ3n) is 6.31. The number of hydrogen-bond acceptors (Lipinski definition) is 6. The van der Waals surface area contributed by atoms with Crippen molar-refractivity contribution in [3.05, 3.63) is 78.1 Å². The summed E-state index contributed by atoms with van der Waals surface area (Å²) < 4.78 is 1.46. The van der Waals surface area contributed by atoms with E-state index in [1.54, 1.807) is 36.1 Å². The standard InChI is InChI=1S/C24H23N7O3/c1-24(19-8-5-9-20(14-19)31-16-25-27-28-31)22(33)30(23(34)26-24)15-21(32)29-12-10-18(11-13-29)17-6-3-2-4-7-17/h2-10,14,16H,11-13,15H2,1H3,(H,26,34)/t24-/m1/s1. The first-order valence-corrected chi connectivity index (χ1v) is 11.0. The lowest BCUT2D eigenvalue weighted by Crippen LogP contribution is -2.45. The monoisotopic (exact) mass is 457 g/mol. The van der Waals surface area contributed by atoms with Crippen LogP contribution in [-0.2, 0) is 15.1 Å². The van der Waals surface area contributed by atoms with Crippen molar-refractivity contribution in [2.75, 3.05) is 19.6 Å². The van der Waals surface area contributed by atoms with Gasteiger partial charge in [-0.15, -0.1) is 5.10 Å². The number of imide groups is 1. The van der Waals surface area contributed by atoms with Gasteiger partial charge in [0, 0.05) is 13.1 Å². The van der Waals surface area contributed by atoms with Gasteiger partial charge < -0.3 is 10.2 Å². The van der Waals surface area contributed by atoms with E-state index in [2.05, 4.69) is 20.8 Å². The van der Waals surface area contributed by atoms with E-state index in [0.29, 0.717) is 24.3 Å². The zero-order valence-electron chi connectivity index (χ0n) is 18.6. The average molecular weight is 457 g/mol. The maximum Gasteiger partial charge on any atom is 0.325 e. The molecule has 0 unspecified atom stereocenters. The Morgan fingerprint density at radius 3 is 2.65 bits per heavy atom. The topological polar surface area (TPSA) is 113 Å². The van der Waals surface area contributed by atoms with E-state index in [4.69, 9.17) is 0 Å². The Kier molecular flexibility index (Phi) is 5.40. The molecule has 3 aromatic rings. The van der Waals surface area contributed by atoms with Crippen LogP contribution in [0.15, 0.2) is 67.0 Å². The summed E-state index contributed by atoms with van der Waals surface area (Å²) in [7, 11) is 0. The Labute approximate surface area is 195 Å². The van der Waals surface area contributed by atoms with E-state index in [1.807, 2.05) is 36.4 Å². The fourth-order valence-corrected chi connectivity index (χ4v) is 4.32. The van der Waals surface area contributed by atoms with Crippen LogP contribution in [-0.4, -0.2) is 67.5 Å². The molecule has 2 aromatic carbocycles. The molecule has 1 atom stereocenters. The van der Waals surface area contributed by atoms with Crippen molar-refractivity contribution in [3.63, 3.8) is 0 Å². The van der Waals surface area contributed by atoms with Gasteiger partial charge in [0.2, 0.25) is 5.91 Å². The molecule has 10 nitrogen and oxygen atoms in total. The predicted octanol–water partition coefficient (Wildman–Crippen LogP) is 1.75. The molecule has 0 saturated carbocycles. The van der Waals surface area contributed by atoms with Crippen LogP contribution in [0.3, 0.4) is 0 Å². The highest BCUT2D eigenvalue weighted by Gasteiger charge is 2.49. The van der Waals surface area contributed by atoms with Crippen molar-refractivity contribution in [2.24, 2.45) is 0 Å². The van der Waals surface area contributed by atoms with Gasteiger partial charge in [0.05, 0.1) is 5.69 Å². The summed E-state index contributed by atoms with van der Waals surface area (Å²) in [6.07, 6.45) is 4.19. The Bertz CT molecular complexity index is 1270. The summed E-state index contributed by atoms with van der Waals surface area (Å²) >= 11 is 0. The van der Waals surface area contributed by atoms with Crippen molar-refractivity contribution >= 4 is 23.4 Å². The largest absolute Gasteiger partial charge is 0.337 e. The van der Waals surface area contributed by atoms with Crippen LogP contribution in [0.5, 0.6) is 0 Å². The molecule has 3 heterocycles. The Morgan fingerprint density at radius 1 is 1.12 bits per heavy atom. The molecule has 1 fully saturated rings. The third-order valence-corrected chi connectivity index (χ3v) is 6.31. The van der Waals surface area contributed by atoms with Gasteiger partial charge in [-0.2, -0.15) is 0 Å². The van der Waals surface area contributed by atoms with Crippen molar-refractivity contribution in [3.8, 4) is 5.69 Å². The van der Waals surface area contributed by atoms with Gasteiger partial charge in [-0.1, -0.05) is 48.5 Å². The molecular formula is C24H23N7O3. The summed E-state index contributed by atoms with van der Waals surface area (Å²) in [4.78, 5) is 41.6. The fraction of sp³-hybridized carbons (Fsp3) is 0.250. The molecule has 34 heavy (non-hydrogen) atoms. The van der Waals surface area contributed by atoms with Crippen molar-refractivity contribution in [2.45, 2.75) is 18.9 Å². The minimum absolute atomic E-state index is 0.265. The van der Waals surface area contributed by atoms with E-state index >= 15 is 0 Å². The highest BCUT2D eigenvalue weighted by atomic mass is 16.2. The number of carbonyl (C=O) groups excluding carboxylic acids is 3. The number of nitrogens with one attached hydrogen (secondary N) is 1. The lowest BCUT2D eigenvalue weighted by Gasteiger charge is -2.28. The summed E-state index contributed by atoms with van der Waals surface area (Å²) in [5.41, 5.74) is 2.25. The van der Waals surface area contributed by atoms with Crippen LogP contribution in [0, 0.1) is 0 Å². The molecular weight excluding hydrogens is 434 g/mol. The number of benzene rings is 2. The average Bonchev–Trinajstić information content (AvgIpc) is 3.49. The van der Waals surface area contributed by atoms with Crippen LogP contribution in [0.1, 0.15) is 24.5 Å². The Morgan fingerprint density at radius 2 is 1.94 bits per heavy atom. The number of rotatable bonds is 5. The van der Waals surface area contributed by atoms with E-state index in [-0.39, 0.29) is 12.5 Å². The number of tetrazole rings is 1. The van der Waals surface area contributed by atoms with E-state index < -0.39 is 17.5 Å². The summed E-state index contributed by atoms with van der Waals surface area (Å²) in [5, 5.41) is 13.9. The van der Waals surface area contributed by atoms with E-state index in [0.717, 1.165) is 16.9 Å². The molecule has 1 saturated heterocycles. The Hall–Kier alpha value is -4.34. The molecule has 172 valence electrons. The summed E-state index contributed by atoms with van der Waals surface area (Å²) in [5.74, 6) is -0.740. The Balaban J connectivity index is 1.29. The molecule has 1 aromatic heterocycles. The second-order valence-electron chi connectivity index (χ2n) is 8.44. The maximum atomic E-state index is 13.3. The van der Waals surface area contributed by atoms with Gasteiger partial charge in [-0.05, 0) is 52.6 Å². The third kappa shape index (κ3) is 3.83. The van der Waals surface area contributed by atoms with Gasteiger partial charge in [-0.3, -0.25) is 14.5 Å². The van der Waals surface area contributed by atoms with Crippen LogP contribution in [0.25, 0.3) is 11.3 Å². The highest BCUT2D eigenvalue weighted by Crippen LogP contribution is 2.30. The number of urea groups is 1. The number of nitrogens with zero attached hydrogens (tertiary/aromatic N) is 6. The van der Waals surface area contributed by atoms with Gasteiger partial charge >= 0.3 is 6.03 Å². The molecule has 2 aliphatic rings. The number of hydrogen-bond donors (Lipinski definition) is 1. The predicted molar refractivity (Wildman–Crippen MR) is 122 cm³/mol. The zero-order chi connectivity index (χ0) is 23.7. The summed E-state index contributed by atoms with van der Waals surface area (Å²) in [6, 6.07) is 16.5. The maximum absolute atomic E-state index is 13.3. The van der Waals surface area contributed by atoms with Crippen LogP contribution >= 0.6 is 0 Å². The minimum atomic E-state index is -1.30. The first-order chi connectivity index (χ1) is 16.5. The molecule has 4 amide bonds. The van der Waals surface area contributed by atoms with Crippen LogP contribution in [0.4, 0.5) is 4.79 Å². The fourth-order valence-electron chi connectivity index (χ4n) is 4.32. The lowest BCUT2D eigenvalue weighted by molar-refractivity contribution is -0.138. The van der Waals surface area contributed by atoms with Gasteiger partial charge in [0.25, 0.3) is 5.91 Å². The molecule has 0 spiro atoms. The first kappa shape index (κ1) is 21.5. The molecule has 1 N–H and O–H groups in total. The van der Waals surface area contributed by atoms with Gasteiger partial charge in [0.1, 0.15) is 18.4 Å². The number of amides is 4. The summed E-state index contributed by atoms with van der Waals surface area (Å²) in [6.45, 7) is 2.31. The molecule has 2 aliphatic heterocycles. The first-order valence-electron chi connectivity index (χ1n) is 11.0. The molecule has 0 radical (unpaired) electrons. The number of carbonyl (C=O) groups is 3. The molecule has 0 aliphatic carbocycles. The molecule has 0 bridgehead atoms. The van der Waals surface area contributed by atoms with Crippen molar-refractivity contribution in [1.29, 1.82) is 0 Å². The van der Waals surface area contributed by atoms with E-state index in [9.17, 15) is 14.4 Å². The second kappa shape index (κ2) is 8.54. The van der Waals surface area contributed by atoms with Crippen molar-refractivity contribution < 1.29 is 14.4 Å².